The third-order valence-electron chi connectivity index (χ3n) is 0. The molecule has 0 spiro atoms. The van der Waals surface area contributed by atoms with Crippen molar-refractivity contribution in [1.82, 2.24) is 0 Å². The van der Waals surface area contributed by atoms with Gasteiger partial charge >= 0.3 is 59.1 Å². The fourth-order valence-electron chi connectivity index (χ4n) is 0. The molecule has 15 heteroatoms. The van der Waals surface area contributed by atoms with Gasteiger partial charge in [0.2, 0.25) is 0 Å². The molecule has 0 radical (unpaired) electrons. The summed E-state index contributed by atoms with van der Waals surface area (Å²) in [6.07, 6.45) is 0. The van der Waals surface area contributed by atoms with Crippen molar-refractivity contribution >= 4 is 16.5 Å². The van der Waals surface area contributed by atoms with E-state index < -0.39 is 16.5 Å². The minimum Gasteiger partial charge on any atom is -0.781 e. The van der Waals surface area contributed by atoms with Gasteiger partial charge in [0.15, 0.2) is 0 Å². The maximum absolute atomic E-state index is 8.63. The molecule has 2 unspecified atom stereocenters. The first-order valence-electron chi connectivity index (χ1n) is 1.26. The Labute approximate surface area is 131 Å². The molecule has 11 nitrogen and oxygen atoms in total. The molecule has 0 aromatic carbocycles. The van der Waals surface area contributed by atoms with E-state index in [1.807, 2.05) is 0 Å². The monoisotopic (exact) mass is 298 g/mol. The standard InChI is InChI=1S/2Na.2H3O3P.5H2O/c;;2*1-4(2)3;;;;;/h;;2*4H,(H2,1,2,3);5*1H2/q2*+1;;;;;;;/p-2. The van der Waals surface area contributed by atoms with E-state index in [0.717, 1.165) is 0 Å². The molecule has 0 amide bonds. The van der Waals surface area contributed by atoms with Gasteiger partial charge in [-0.3, -0.25) is 0 Å². The molecular formula is H14Na2O11P2. The van der Waals surface area contributed by atoms with Crippen LogP contribution >= 0.6 is 16.5 Å². The summed E-state index contributed by atoms with van der Waals surface area (Å²) < 4.78 is 17.3. The van der Waals surface area contributed by atoms with Crippen LogP contribution in [0.3, 0.4) is 0 Å². The van der Waals surface area contributed by atoms with E-state index in [9.17, 15) is 0 Å². The summed E-state index contributed by atoms with van der Waals surface area (Å²) in [5, 5.41) is 0. The Morgan fingerprint density at radius 2 is 0.667 bits per heavy atom. The second-order valence-electron chi connectivity index (χ2n) is 0.532. The van der Waals surface area contributed by atoms with E-state index in [0.29, 0.717) is 0 Å². The van der Waals surface area contributed by atoms with Crippen LogP contribution in [0.4, 0.5) is 0 Å². The SMILES string of the molecule is O.O.O.O.O.O=[PH]([O-])O.O=[PH]([O-])O.[Na+].[Na+]. The maximum Gasteiger partial charge on any atom is 1.00 e. The van der Waals surface area contributed by atoms with Crippen LogP contribution in [0.15, 0.2) is 0 Å². The second kappa shape index (κ2) is 56.0. The fourth-order valence-corrected chi connectivity index (χ4v) is 0. The van der Waals surface area contributed by atoms with Gasteiger partial charge in [0.05, 0.1) is 0 Å². The predicted molar refractivity (Wildman–Crippen MR) is 40.5 cm³/mol. The van der Waals surface area contributed by atoms with E-state index in [4.69, 9.17) is 28.7 Å². The van der Waals surface area contributed by atoms with Crippen LogP contribution in [0.2, 0.25) is 0 Å². The van der Waals surface area contributed by atoms with Gasteiger partial charge < -0.3 is 56.1 Å². The molecule has 15 heavy (non-hydrogen) atoms. The molecule has 0 fully saturated rings. The average Bonchev–Trinajstić information content (AvgIpc) is 1.25. The first-order chi connectivity index (χ1) is 3.46. The van der Waals surface area contributed by atoms with Crippen LogP contribution < -0.4 is 68.9 Å². The van der Waals surface area contributed by atoms with Gasteiger partial charge in [0, 0.05) is 0 Å². The van der Waals surface area contributed by atoms with E-state index in [1.54, 1.807) is 0 Å². The average molecular weight is 298 g/mol. The Bertz CT molecular complexity index is 74.6. The van der Waals surface area contributed by atoms with Crippen LogP contribution in [0, 0.1) is 0 Å². The normalized spacial score (nSPS) is 8.27. The molecule has 0 aliphatic carbocycles. The summed E-state index contributed by atoms with van der Waals surface area (Å²) >= 11 is 0. The zero-order chi connectivity index (χ0) is 7.15. The van der Waals surface area contributed by atoms with Crippen LogP contribution in [0.25, 0.3) is 0 Å². The van der Waals surface area contributed by atoms with Gasteiger partial charge in [-0.15, -0.1) is 0 Å². The summed E-state index contributed by atoms with van der Waals surface area (Å²) in [6, 6.07) is 0. The summed E-state index contributed by atoms with van der Waals surface area (Å²) in [7, 11) is -6.76. The molecule has 2 atom stereocenters. The second-order valence-corrected chi connectivity index (χ2v) is 1.60. The van der Waals surface area contributed by atoms with E-state index in [1.165, 1.54) is 0 Å². The largest absolute Gasteiger partial charge is 1.00 e. The van der Waals surface area contributed by atoms with Gasteiger partial charge in [-0.1, -0.05) is 0 Å². The molecule has 0 bridgehead atoms. The molecule has 0 aromatic rings. The minimum absolute atomic E-state index is 0. The van der Waals surface area contributed by atoms with Crippen LogP contribution in [-0.2, 0) is 9.13 Å². The quantitative estimate of drug-likeness (QED) is 0.322. The minimum atomic E-state index is -3.38. The van der Waals surface area contributed by atoms with Crippen LogP contribution in [0.1, 0.15) is 0 Å². The Kier molecular flexibility index (Phi) is 252. The summed E-state index contributed by atoms with van der Waals surface area (Å²) in [5.74, 6) is 0. The van der Waals surface area contributed by atoms with Gasteiger partial charge in [0.25, 0.3) is 0 Å². The van der Waals surface area contributed by atoms with Crippen molar-refractivity contribution in [2.45, 2.75) is 0 Å². The molecule has 0 aliphatic heterocycles. The third-order valence-corrected chi connectivity index (χ3v) is 0. The Morgan fingerprint density at radius 3 is 0.667 bits per heavy atom. The van der Waals surface area contributed by atoms with Crippen molar-refractivity contribution in [1.29, 1.82) is 0 Å². The van der Waals surface area contributed by atoms with E-state index >= 15 is 0 Å². The summed E-state index contributed by atoms with van der Waals surface area (Å²) in [6.45, 7) is 0. The zero-order valence-corrected chi connectivity index (χ0v) is 14.0. The van der Waals surface area contributed by atoms with E-state index in [2.05, 4.69) is 0 Å². The van der Waals surface area contributed by atoms with Crippen molar-refractivity contribution < 1.29 is 115 Å². The molecule has 0 aromatic heterocycles. The van der Waals surface area contributed by atoms with Gasteiger partial charge in [0.1, 0.15) is 16.5 Å². The summed E-state index contributed by atoms with van der Waals surface area (Å²) in [4.78, 5) is 31.4. The molecule has 92 valence electrons. The first kappa shape index (κ1) is 67.6. The molecule has 0 heterocycles. The van der Waals surface area contributed by atoms with Gasteiger partial charge in [-0.2, -0.15) is 0 Å². The van der Waals surface area contributed by atoms with E-state index in [-0.39, 0.29) is 86.5 Å². The molecule has 12 N–H and O–H groups in total. The zero-order valence-electron chi connectivity index (χ0n) is 8.03. The van der Waals surface area contributed by atoms with Crippen molar-refractivity contribution in [3.8, 4) is 0 Å². The number of hydrogen-bond donors (Lipinski definition) is 2. The molecule has 0 aliphatic rings. The van der Waals surface area contributed by atoms with Crippen molar-refractivity contribution in [2.24, 2.45) is 0 Å². The van der Waals surface area contributed by atoms with Gasteiger partial charge in [-0.05, 0) is 0 Å². The molecule has 0 saturated carbocycles. The maximum atomic E-state index is 8.63. The smallest absolute Gasteiger partial charge is 0.781 e. The molecular weight excluding hydrogens is 284 g/mol. The Morgan fingerprint density at radius 1 is 0.667 bits per heavy atom. The third kappa shape index (κ3) is 726. The van der Waals surface area contributed by atoms with Crippen LogP contribution in [0.5, 0.6) is 0 Å². The van der Waals surface area contributed by atoms with Gasteiger partial charge in [-0.25, -0.2) is 0 Å². The number of hydrogen-bond acceptors (Lipinski definition) is 4. The number of rotatable bonds is 0. The molecule has 0 rings (SSSR count). The fraction of sp³-hybridized carbons (Fsp3) is 0. The molecule has 0 saturated heterocycles. The van der Waals surface area contributed by atoms with Crippen molar-refractivity contribution in [2.75, 3.05) is 0 Å². The van der Waals surface area contributed by atoms with Crippen LogP contribution in [-0.4, -0.2) is 37.2 Å². The Hall–Kier alpha value is 2.10. The topological polar surface area (TPSA) is 278 Å². The predicted octanol–water partition coefficient (Wildman–Crippen LogP) is -12.7. The Balaban J connectivity index is -0.00000000468. The van der Waals surface area contributed by atoms with Crippen molar-refractivity contribution in [3.63, 3.8) is 0 Å². The summed E-state index contributed by atoms with van der Waals surface area (Å²) in [5.41, 5.74) is 0. The van der Waals surface area contributed by atoms with Crippen molar-refractivity contribution in [3.05, 3.63) is 0 Å². The first-order valence-corrected chi connectivity index (χ1v) is 3.79.